The Bertz CT molecular complexity index is 593. The molecule has 0 spiro atoms. The maximum atomic E-state index is 5.68. The molecule has 2 aliphatic carbocycles. The van der Waals surface area contributed by atoms with E-state index in [-0.39, 0.29) is 10.8 Å². The van der Waals surface area contributed by atoms with Crippen LogP contribution < -0.4 is 4.74 Å². The number of fused-ring (bicyclic) bond motifs is 3. The molecule has 1 aromatic carbocycles. The van der Waals surface area contributed by atoms with Gasteiger partial charge in [-0.1, -0.05) is 20.3 Å². The predicted molar refractivity (Wildman–Crippen MR) is 96.7 cm³/mol. The molecular formula is C21H32O3. The highest BCUT2D eigenvalue weighted by Crippen LogP contribution is 2.57. The standard InChI is InChI=1S/C21H32O3/c1-20(14-23-4)9-6-10-21(2)17-12-18(24-5)16(13-22-3)11-15(17)7-8-19(20)21/h11-12,19H,6-10,13-14H2,1-5H3/t19-,20+,21+/m0/s1. The highest BCUT2D eigenvalue weighted by Gasteiger charge is 2.51. The summed E-state index contributed by atoms with van der Waals surface area (Å²) in [5, 5.41) is 0. The Morgan fingerprint density at radius 1 is 1.08 bits per heavy atom. The molecule has 0 radical (unpaired) electrons. The Morgan fingerprint density at radius 3 is 2.54 bits per heavy atom. The third-order valence-electron chi connectivity index (χ3n) is 6.65. The van der Waals surface area contributed by atoms with Gasteiger partial charge in [-0.05, 0) is 65.7 Å². The van der Waals surface area contributed by atoms with Gasteiger partial charge in [0.2, 0.25) is 0 Å². The van der Waals surface area contributed by atoms with Gasteiger partial charge in [-0.2, -0.15) is 0 Å². The fourth-order valence-corrected chi connectivity index (χ4v) is 5.64. The molecule has 24 heavy (non-hydrogen) atoms. The fraction of sp³-hybridized carbons (Fsp3) is 0.714. The second-order valence-electron chi connectivity index (χ2n) is 8.20. The summed E-state index contributed by atoms with van der Waals surface area (Å²) in [7, 11) is 5.35. The van der Waals surface area contributed by atoms with Crippen LogP contribution in [0.4, 0.5) is 0 Å². The van der Waals surface area contributed by atoms with E-state index in [0.717, 1.165) is 24.3 Å². The number of hydrogen-bond acceptors (Lipinski definition) is 3. The van der Waals surface area contributed by atoms with E-state index in [2.05, 4.69) is 26.0 Å². The normalized spacial score (nSPS) is 32.1. The minimum atomic E-state index is 0.220. The molecule has 1 saturated carbocycles. The minimum Gasteiger partial charge on any atom is -0.496 e. The van der Waals surface area contributed by atoms with Gasteiger partial charge in [0, 0.05) is 19.8 Å². The summed E-state index contributed by atoms with van der Waals surface area (Å²) in [6.45, 7) is 6.37. The summed E-state index contributed by atoms with van der Waals surface area (Å²) < 4.78 is 16.7. The van der Waals surface area contributed by atoms with Crippen LogP contribution in [0.15, 0.2) is 12.1 Å². The zero-order chi connectivity index (χ0) is 17.4. The van der Waals surface area contributed by atoms with Gasteiger partial charge < -0.3 is 14.2 Å². The summed E-state index contributed by atoms with van der Waals surface area (Å²) in [4.78, 5) is 0. The molecule has 0 amide bonds. The molecular weight excluding hydrogens is 300 g/mol. The van der Waals surface area contributed by atoms with E-state index in [4.69, 9.17) is 14.2 Å². The highest BCUT2D eigenvalue weighted by atomic mass is 16.5. The number of aryl methyl sites for hydroxylation is 1. The van der Waals surface area contributed by atoms with Crippen LogP contribution in [-0.2, 0) is 27.9 Å². The SMILES string of the molecule is COCc1cc2c(cc1OC)[C@@]1(C)CCC[C@](C)(COC)[C@@H]1CC2. The van der Waals surface area contributed by atoms with Crippen LogP contribution in [0, 0.1) is 11.3 Å². The number of hydrogen-bond donors (Lipinski definition) is 0. The van der Waals surface area contributed by atoms with E-state index in [1.807, 2.05) is 7.11 Å². The third-order valence-corrected chi connectivity index (χ3v) is 6.65. The lowest BCUT2D eigenvalue weighted by Crippen LogP contribution is -2.50. The summed E-state index contributed by atoms with van der Waals surface area (Å²) in [5.41, 5.74) is 4.65. The van der Waals surface area contributed by atoms with E-state index in [1.54, 1.807) is 14.2 Å². The predicted octanol–water partition coefficient (Wildman–Crippen LogP) is 4.50. The molecule has 0 saturated heterocycles. The zero-order valence-corrected chi connectivity index (χ0v) is 15.9. The number of ether oxygens (including phenoxy) is 3. The minimum absolute atomic E-state index is 0.220. The Kier molecular flexibility index (Phi) is 4.94. The summed E-state index contributed by atoms with van der Waals surface area (Å²) >= 11 is 0. The van der Waals surface area contributed by atoms with Gasteiger partial charge in [0.05, 0.1) is 20.3 Å². The Balaban J connectivity index is 2.06. The van der Waals surface area contributed by atoms with Crippen molar-refractivity contribution in [1.29, 1.82) is 0 Å². The summed E-state index contributed by atoms with van der Waals surface area (Å²) in [5.74, 6) is 1.64. The van der Waals surface area contributed by atoms with Crippen LogP contribution in [0.25, 0.3) is 0 Å². The van der Waals surface area contributed by atoms with Gasteiger partial charge in [-0.15, -0.1) is 0 Å². The molecule has 0 aliphatic heterocycles. The lowest BCUT2D eigenvalue weighted by atomic mass is 9.50. The van der Waals surface area contributed by atoms with E-state index < -0.39 is 0 Å². The number of methoxy groups -OCH3 is 3. The lowest BCUT2D eigenvalue weighted by molar-refractivity contribution is -0.0325. The lowest BCUT2D eigenvalue weighted by Gasteiger charge is -2.55. The van der Waals surface area contributed by atoms with Crippen LogP contribution in [0.2, 0.25) is 0 Å². The quantitative estimate of drug-likeness (QED) is 0.794. The topological polar surface area (TPSA) is 27.7 Å². The average molecular weight is 332 g/mol. The van der Waals surface area contributed by atoms with Gasteiger partial charge in [0.25, 0.3) is 0 Å². The highest BCUT2D eigenvalue weighted by molar-refractivity contribution is 5.48. The van der Waals surface area contributed by atoms with E-state index in [1.165, 1.54) is 36.8 Å². The third kappa shape index (κ3) is 2.76. The van der Waals surface area contributed by atoms with Crippen molar-refractivity contribution in [2.75, 3.05) is 27.9 Å². The maximum Gasteiger partial charge on any atom is 0.124 e. The van der Waals surface area contributed by atoms with Gasteiger partial charge in [-0.25, -0.2) is 0 Å². The van der Waals surface area contributed by atoms with E-state index in [0.29, 0.717) is 12.5 Å². The van der Waals surface area contributed by atoms with Crippen LogP contribution in [0.5, 0.6) is 5.75 Å². The van der Waals surface area contributed by atoms with Crippen LogP contribution >= 0.6 is 0 Å². The monoisotopic (exact) mass is 332 g/mol. The molecule has 3 rings (SSSR count). The average Bonchev–Trinajstić information content (AvgIpc) is 2.54. The first-order valence-corrected chi connectivity index (χ1v) is 9.16. The van der Waals surface area contributed by atoms with Crippen molar-refractivity contribution in [1.82, 2.24) is 0 Å². The molecule has 0 bridgehead atoms. The first kappa shape index (κ1) is 17.8. The first-order chi connectivity index (χ1) is 11.5. The largest absolute Gasteiger partial charge is 0.496 e. The van der Waals surface area contributed by atoms with Crippen LogP contribution in [0.1, 0.15) is 56.2 Å². The molecule has 3 atom stereocenters. The van der Waals surface area contributed by atoms with Crippen LogP contribution in [-0.4, -0.2) is 27.9 Å². The first-order valence-electron chi connectivity index (χ1n) is 9.16. The second kappa shape index (κ2) is 6.68. The molecule has 134 valence electrons. The van der Waals surface area contributed by atoms with Gasteiger partial charge in [0.1, 0.15) is 5.75 Å². The van der Waals surface area contributed by atoms with E-state index >= 15 is 0 Å². The van der Waals surface area contributed by atoms with Crippen molar-refractivity contribution in [3.05, 3.63) is 28.8 Å². The molecule has 0 aromatic heterocycles. The number of benzene rings is 1. The molecule has 0 unspecified atom stereocenters. The van der Waals surface area contributed by atoms with Gasteiger partial charge in [-0.3, -0.25) is 0 Å². The van der Waals surface area contributed by atoms with Crippen molar-refractivity contribution in [3.8, 4) is 5.75 Å². The Morgan fingerprint density at radius 2 is 1.88 bits per heavy atom. The van der Waals surface area contributed by atoms with Crippen molar-refractivity contribution >= 4 is 0 Å². The summed E-state index contributed by atoms with van der Waals surface area (Å²) in [6.07, 6.45) is 6.21. The zero-order valence-electron chi connectivity index (χ0n) is 15.9. The van der Waals surface area contributed by atoms with Crippen molar-refractivity contribution < 1.29 is 14.2 Å². The van der Waals surface area contributed by atoms with Crippen molar-refractivity contribution in [2.45, 2.75) is 58.0 Å². The Hall–Kier alpha value is -1.06. The van der Waals surface area contributed by atoms with E-state index in [9.17, 15) is 0 Å². The molecule has 0 heterocycles. The molecule has 3 nitrogen and oxygen atoms in total. The van der Waals surface area contributed by atoms with Gasteiger partial charge in [0.15, 0.2) is 0 Å². The molecule has 1 aromatic rings. The molecule has 1 fully saturated rings. The molecule has 0 N–H and O–H groups in total. The molecule has 2 aliphatic rings. The fourth-order valence-electron chi connectivity index (χ4n) is 5.64. The number of rotatable bonds is 5. The smallest absolute Gasteiger partial charge is 0.124 e. The van der Waals surface area contributed by atoms with Crippen molar-refractivity contribution in [3.63, 3.8) is 0 Å². The van der Waals surface area contributed by atoms with Crippen LogP contribution in [0.3, 0.4) is 0 Å². The Labute approximate surface area is 146 Å². The maximum absolute atomic E-state index is 5.68. The second-order valence-corrected chi connectivity index (χ2v) is 8.20. The van der Waals surface area contributed by atoms with Gasteiger partial charge >= 0.3 is 0 Å². The summed E-state index contributed by atoms with van der Waals surface area (Å²) in [6, 6.07) is 4.62. The molecule has 3 heteroatoms. The van der Waals surface area contributed by atoms with Crippen molar-refractivity contribution in [2.24, 2.45) is 11.3 Å².